The van der Waals surface area contributed by atoms with Crippen LogP contribution in [-0.2, 0) is 20.9 Å². The normalized spacial score (nSPS) is 14.2. The minimum Gasteiger partial charge on any atom is -0.493 e. The molecule has 1 aliphatic heterocycles. The monoisotopic (exact) mass is 801 g/mol. The fourth-order valence-corrected chi connectivity index (χ4v) is 6.15. The van der Waals surface area contributed by atoms with E-state index in [9.17, 15) is 14.4 Å². The molecule has 0 saturated carbocycles. The smallest absolute Gasteiger partial charge is 0.338 e. The fraction of sp³-hybridized carbons (Fsp3) is 0.219. The molecule has 46 heavy (non-hydrogen) atoms. The summed E-state index contributed by atoms with van der Waals surface area (Å²) in [6.07, 6.45) is 1.49. The summed E-state index contributed by atoms with van der Waals surface area (Å²) >= 11 is 5.69. The highest BCUT2D eigenvalue weighted by Gasteiger charge is 2.32. The highest BCUT2D eigenvalue weighted by Crippen LogP contribution is 2.35. The Kier molecular flexibility index (Phi) is 12.0. The number of benzene rings is 3. The van der Waals surface area contributed by atoms with Crippen LogP contribution in [0.25, 0.3) is 0 Å². The topological polar surface area (TPSA) is 160 Å². The van der Waals surface area contributed by atoms with E-state index in [2.05, 4.69) is 65.8 Å². The van der Waals surface area contributed by atoms with Crippen LogP contribution in [0.3, 0.4) is 0 Å². The first kappa shape index (κ1) is 34.3. The Balaban J connectivity index is 1.35. The van der Waals surface area contributed by atoms with Crippen molar-refractivity contribution in [1.29, 1.82) is 5.26 Å². The van der Waals surface area contributed by atoms with Gasteiger partial charge in [0.05, 0.1) is 51.2 Å². The Morgan fingerprint density at radius 3 is 2.57 bits per heavy atom. The molecular weight excluding hydrogens is 773 g/mol. The molecule has 3 aromatic carbocycles. The van der Waals surface area contributed by atoms with Gasteiger partial charge >= 0.3 is 12.0 Å². The molecule has 0 aliphatic carbocycles. The van der Waals surface area contributed by atoms with E-state index in [0.717, 1.165) is 14.7 Å². The van der Waals surface area contributed by atoms with Crippen molar-refractivity contribution in [3.05, 3.63) is 96.2 Å². The molecule has 0 spiro atoms. The van der Waals surface area contributed by atoms with Crippen LogP contribution in [0.4, 0.5) is 4.79 Å². The van der Waals surface area contributed by atoms with Gasteiger partial charge in [0.1, 0.15) is 12.4 Å². The molecule has 0 fully saturated rings. The molecule has 238 valence electrons. The van der Waals surface area contributed by atoms with E-state index in [-0.39, 0.29) is 24.5 Å². The quantitative estimate of drug-likeness (QED) is 0.0972. The van der Waals surface area contributed by atoms with Gasteiger partial charge in [-0.25, -0.2) is 15.0 Å². The highest BCUT2D eigenvalue weighted by atomic mass is 127. The summed E-state index contributed by atoms with van der Waals surface area (Å²) in [7, 11) is 1.44. The van der Waals surface area contributed by atoms with Gasteiger partial charge in [0, 0.05) is 5.70 Å². The molecule has 1 aliphatic rings. The molecule has 4 rings (SSSR count). The number of carbonyl (C=O) groups excluding carboxylic acids is 3. The van der Waals surface area contributed by atoms with Crippen LogP contribution in [-0.4, -0.2) is 44.4 Å². The van der Waals surface area contributed by atoms with Crippen molar-refractivity contribution in [3.8, 4) is 23.3 Å². The molecule has 0 bridgehead atoms. The van der Waals surface area contributed by atoms with Crippen molar-refractivity contribution in [2.24, 2.45) is 5.10 Å². The third-order valence-corrected chi connectivity index (χ3v) is 7.92. The lowest BCUT2D eigenvalue weighted by atomic mass is 9.95. The second-order valence-electron chi connectivity index (χ2n) is 9.69. The summed E-state index contributed by atoms with van der Waals surface area (Å²) in [5.41, 5.74) is 5.87. The molecule has 3 amide bonds. The van der Waals surface area contributed by atoms with Crippen molar-refractivity contribution < 1.29 is 33.3 Å². The third kappa shape index (κ3) is 8.76. The van der Waals surface area contributed by atoms with Gasteiger partial charge in [0.25, 0.3) is 5.91 Å². The van der Waals surface area contributed by atoms with Crippen LogP contribution in [0.2, 0.25) is 0 Å². The predicted octanol–water partition coefficient (Wildman–Crippen LogP) is 5.23. The third-order valence-electron chi connectivity index (χ3n) is 6.53. The Labute approximate surface area is 287 Å². The van der Waals surface area contributed by atoms with Crippen molar-refractivity contribution in [2.75, 3.05) is 20.3 Å². The molecule has 3 N–H and O–H groups in total. The van der Waals surface area contributed by atoms with Gasteiger partial charge in [-0.1, -0.05) is 18.2 Å². The molecule has 1 atom stereocenters. The lowest BCUT2D eigenvalue weighted by Gasteiger charge is -2.28. The maximum atomic E-state index is 12.6. The summed E-state index contributed by atoms with van der Waals surface area (Å²) in [5.74, 6) is 0.167. The Hall–Kier alpha value is -4.62. The first-order valence-corrected chi connectivity index (χ1v) is 15.7. The van der Waals surface area contributed by atoms with E-state index in [1.54, 1.807) is 44.2 Å². The Bertz CT molecular complexity index is 1710. The van der Waals surface area contributed by atoms with Gasteiger partial charge in [-0.3, -0.25) is 4.79 Å². The van der Waals surface area contributed by atoms with Crippen LogP contribution in [0.1, 0.15) is 42.1 Å². The Morgan fingerprint density at radius 2 is 1.89 bits per heavy atom. The summed E-state index contributed by atoms with van der Waals surface area (Å²) in [6, 6.07) is 16.5. The van der Waals surface area contributed by atoms with Crippen molar-refractivity contribution in [2.45, 2.75) is 26.5 Å². The van der Waals surface area contributed by atoms with Gasteiger partial charge < -0.3 is 29.6 Å². The van der Waals surface area contributed by atoms with E-state index in [0.29, 0.717) is 39.4 Å². The molecule has 0 saturated heterocycles. The number of carbonyl (C=O) groups is 3. The number of hydrogen-bond acceptors (Lipinski definition) is 9. The van der Waals surface area contributed by atoms with Gasteiger partial charge in [-0.05, 0) is 105 Å². The average molecular weight is 802 g/mol. The second kappa shape index (κ2) is 16.1. The zero-order valence-corrected chi connectivity index (χ0v) is 28.7. The first-order chi connectivity index (χ1) is 22.1. The van der Waals surface area contributed by atoms with Crippen molar-refractivity contribution >= 4 is 62.6 Å². The number of rotatable bonds is 12. The number of allylic oxidation sites excluding steroid dienone is 1. The van der Waals surface area contributed by atoms with Crippen molar-refractivity contribution in [1.82, 2.24) is 16.1 Å². The lowest BCUT2D eigenvalue weighted by Crippen LogP contribution is -2.45. The standard InChI is InChI=1S/C32H29BrIN5O7/c1-4-44-31(41)28-18(2)37-32(42)38-29(28)22-9-10-25(26(13-22)43-3)45-17-27(40)39-36-15-21-11-23(33)30(24(34)12-21)46-16-20-7-5-19(14-35)6-8-20/h5-13,15,29H,4,16-17H2,1-3H3,(H,39,40)(H2,37,38,42)/b36-15+/t29-/m1/s1. The molecule has 1 heterocycles. The van der Waals surface area contributed by atoms with Crippen LogP contribution in [0, 0.1) is 14.9 Å². The summed E-state index contributed by atoms with van der Waals surface area (Å²) in [4.78, 5) is 37.2. The minimum absolute atomic E-state index is 0.179. The number of nitrogens with zero attached hydrogens (tertiary/aromatic N) is 2. The molecule has 14 heteroatoms. The lowest BCUT2D eigenvalue weighted by molar-refractivity contribution is -0.139. The van der Waals surface area contributed by atoms with Crippen LogP contribution < -0.4 is 30.3 Å². The maximum absolute atomic E-state index is 12.6. The van der Waals surface area contributed by atoms with Crippen LogP contribution in [0.5, 0.6) is 17.2 Å². The number of nitrogens with one attached hydrogen (secondary N) is 3. The summed E-state index contributed by atoms with van der Waals surface area (Å²) < 4.78 is 23.8. The van der Waals surface area contributed by atoms with E-state index in [1.807, 2.05) is 24.3 Å². The Morgan fingerprint density at radius 1 is 1.13 bits per heavy atom. The van der Waals surface area contributed by atoms with Gasteiger partial charge in [0.15, 0.2) is 18.1 Å². The molecule has 0 unspecified atom stereocenters. The number of ether oxygens (including phenoxy) is 4. The maximum Gasteiger partial charge on any atom is 0.338 e. The zero-order chi connectivity index (χ0) is 33.2. The molecule has 12 nitrogen and oxygen atoms in total. The number of hydrazone groups is 1. The van der Waals surface area contributed by atoms with Gasteiger partial charge in [0.2, 0.25) is 0 Å². The van der Waals surface area contributed by atoms with E-state index < -0.39 is 23.9 Å². The van der Waals surface area contributed by atoms with E-state index in [1.165, 1.54) is 13.3 Å². The van der Waals surface area contributed by atoms with Gasteiger partial charge in [-0.15, -0.1) is 0 Å². The molecular formula is C32H29BrIN5O7. The van der Waals surface area contributed by atoms with Crippen LogP contribution in [0.15, 0.2) is 75.4 Å². The number of amides is 3. The van der Waals surface area contributed by atoms with Crippen molar-refractivity contribution in [3.63, 3.8) is 0 Å². The SMILES string of the molecule is CCOC(=O)C1=C(C)NC(=O)N[C@@H]1c1ccc(OCC(=O)N/N=C/c2cc(Br)c(OCc3ccc(C#N)cc3)c(I)c2)c(OC)c1. The second-order valence-corrected chi connectivity index (χ2v) is 11.7. The van der Waals surface area contributed by atoms with E-state index >= 15 is 0 Å². The number of halogens is 2. The summed E-state index contributed by atoms with van der Waals surface area (Å²) in [5, 5.41) is 18.3. The molecule has 0 aromatic heterocycles. The highest BCUT2D eigenvalue weighted by molar-refractivity contribution is 14.1. The average Bonchev–Trinajstić information content (AvgIpc) is 3.03. The summed E-state index contributed by atoms with van der Waals surface area (Å²) in [6.45, 7) is 3.48. The number of urea groups is 1. The molecule has 3 aromatic rings. The number of esters is 1. The zero-order valence-electron chi connectivity index (χ0n) is 25.0. The number of hydrogen-bond donors (Lipinski definition) is 3. The largest absolute Gasteiger partial charge is 0.493 e. The van der Waals surface area contributed by atoms with E-state index in [4.69, 9.17) is 24.2 Å². The predicted molar refractivity (Wildman–Crippen MR) is 180 cm³/mol. The van der Waals surface area contributed by atoms with Gasteiger partial charge in [-0.2, -0.15) is 10.4 Å². The fourth-order valence-electron chi connectivity index (χ4n) is 4.38. The minimum atomic E-state index is -0.778. The first-order valence-electron chi connectivity index (χ1n) is 13.8. The number of methoxy groups -OCH3 is 1. The number of nitriles is 1. The van der Waals surface area contributed by atoms with Crippen LogP contribution >= 0.6 is 38.5 Å². The molecule has 0 radical (unpaired) electrons.